The van der Waals surface area contributed by atoms with E-state index in [0.717, 1.165) is 6.07 Å². The minimum atomic E-state index is -0.583. The van der Waals surface area contributed by atoms with Gasteiger partial charge in [0.1, 0.15) is 5.75 Å². The van der Waals surface area contributed by atoms with Crippen molar-refractivity contribution in [2.75, 3.05) is 0 Å². The van der Waals surface area contributed by atoms with Gasteiger partial charge < -0.3 is 9.52 Å². The average Bonchev–Trinajstić information content (AvgIpc) is 2.80. The van der Waals surface area contributed by atoms with E-state index in [-0.39, 0.29) is 39.0 Å². The second kappa shape index (κ2) is 4.05. The Hall–Kier alpha value is -2.40. The third-order valence-electron chi connectivity index (χ3n) is 3.08. The summed E-state index contributed by atoms with van der Waals surface area (Å²) in [5, 5.41) is 9.46. The summed E-state index contributed by atoms with van der Waals surface area (Å²) in [5.74, 6) is -1.97. The van der Waals surface area contributed by atoms with Crippen molar-refractivity contribution >= 4 is 29.0 Å². The van der Waals surface area contributed by atoms with Gasteiger partial charge in [-0.25, -0.2) is 0 Å². The average molecular weight is 291 g/mol. The molecule has 0 aliphatic heterocycles. The lowest BCUT2D eigenvalue weighted by Gasteiger charge is -2.14. The van der Waals surface area contributed by atoms with Gasteiger partial charge >= 0.3 is 0 Å². The molecule has 0 fully saturated rings. The molecule has 1 heterocycles. The lowest BCUT2D eigenvalue weighted by atomic mass is 9.88. The van der Waals surface area contributed by atoms with Crippen LogP contribution in [-0.2, 0) is 0 Å². The van der Waals surface area contributed by atoms with Crippen LogP contribution in [0.5, 0.6) is 5.75 Å². The number of ketones is 3. The molecule has 0 radical (unpaired) electrons. The fourth-order valence-electron chi connectivity index (χ4n) is 2.16. The lowest BCUT2D eigenvalue weighted by Crippen LogP contribution is -2.19. The number of halogens is 1. The zero-order valence-electron chi connectivity index (χ0n) is 10.2. The highest BCUT2D eigenvalue weighted by Crippen LogP contribution is 2.35. The quantitative estimate of drug-likeness (QED) is 0.696. The number of rotatable bonds is 1. The first kappa shape index (κ1) is 12.6. The number of furan rings is 1. The number of carbonyl (C=O) groups is 3. The molecular weight excluding hydrogens is 284 g/mol. The van der Waals surface area contributed by atoms with Crippen molar-refractivity contribution in [2.24, 2.45) is 0 Å². The molecular formula is C14H7ClO5. The molecule has 1 aromatic heterocycles. The van der Waals surface area contributed by atoms with Crippen LogP contribution in [-0.4, -0.2) is 22.5 Å². The van der Waals surface area contributed by atoms with Crippen molar-refractivity contribution in [3.8, 4) is 5.75 Å². The van der Waals surface area contributed by atoms with Gasteiger partial charge in [-0.05, 0) is 18.2 Å². The first-order valence-corrected chi connectivity index (χ1v) is 6.04. The summed E-state index contributed by atoms with van der Waals surface area (Å²) in [6.45, 7) is 1.27. The fourth-order valence-corrected chi connectivity index (χ4v) is 2.46. The van der Waals surface area contributed by atoms with Crippen molar-refractivity contribution in [2.45, 2.75) is 6.92 Å². The van der Waals surface area contributed by atoms with Gasteiger partial charge in [0.15, 0.2) is 23.1 Å². The Morgan fingerprint density at radius 2 is 1.85 bits per heavy atom. The topological polar surface area (TPSA) is 84.6 Å². The third-order valence-corrected chi connectivity index (χ3v) is 3.37. The zero-order valence-corrected chi connectivity index (χ0v) is 10.9. The van der Waals surface area contributed by atoms with E-state index in [4.69, 9.17) is 16.0 Å². The monoisotopic (exact) mass is 290 g/mol. The summed E-state index contributed by atoms with van der Waals surface area (Å²) < 4.78 is 5.14. The van der Waals surface area contributed by atoms with Crippen LogP contribution >= 0.6 is 11.6 Å². The molecule has 1 N–H and O–H groups in total. The summed E-state index contributed by atoms with van der Waals surface area (Å²) in [4.78, 5) is 35.9. The largest absolute Gasteiger partial charge is 0.508 e. The maximum Gasteiger partial charge on any atom is 0.229 e. The van der Waals surface area contributed by atoms with Crippen LogP contribution in [0, 0.1) is 0 Å². The number of aromatic hydroxyl groups is 1. The molecule has 6 heteroatoms. The molecule has 0 atom stereocenters. The number of carbonyl (C=O) groups excluding carboxylic acids is 3. The molecule has 0 unspecified atom stereocenters. The highest BCUT2D eigenvalue weighted by atomic mass is 35.5. The predicted octanol–water partition coefficient (Wildman–Crippen LogP) is 2.62. The molecule has 0 amide bonds. The molecule has 0 saturated heterocycles. The van der Waals surface area contributed by atoms with Crippen molar-refractivity contribution in [3.63, 3.8) is 0 Å². The number of phenols is 1. The van der Waals surface area contributed by atoms with Gasteiger partial charge in [-0.15, -0.1) is 0 Å². The molecule has 0 spiro atoms. The van der Waals surface area contributed by atoms with E-state index in [9.17, 15) is 19.5 Å². The molecule has 0 bridgehead atoms. The minimum Gasteiger partial charge on any atom is -0.508 e. The number of Topliss-reactive ketones (excluding diaryl/α,β-unsaturated/α-hetero) is 1. The van der Waals surface area contributed by atoms with Crippen LogP contribution in [0.15, 0.2) is 22.6 Å². The predicted molar refractivity (Wildman–Crippen MR) is 68.7 cm³/mol. The maximum atomic E-state index is 12.3. The molecule has 1 aliphatic carbocycles. The first-order chi connectivity index (χ1) is 9.40. The zero-order chi connectivity index (χ0) is 14.6. The standard InChI is InChI=1S/C14H7ClO5/c1-5(16)10-4-8-12(18)11-7(13(19)14(8)20-10)2-6(17)3-9(11)15/h2-4,17H,1H3. The summed E-state index contributed by atoms with van der Waals surface area (Å²) in [7, 11) is 0. The Bertz CT molecular complexity index is 800. The van der Waals surface area contributed by atoms with E-state index in [1.165, 1.54) is 19.1 Å². The SMILES string of the molecule is CC(=O)c1cc2c(o1)C(=O)c1cc(O)cc(Cl)c1C2=O. The third kappa shape index (κ3) is 1.60. The Morgan fingerprint density at radius 1 is 1.15 bits per heavy atom. The second-order valence-electron chi connectivity index (χ2n) is 4.42. The number of fused-ring (bicyclic) bond motifs is 2. The molecule has 5 nitrogen and oxygen atoms in total. The summed E-state index contributed by atoms with van der Waals surface area (Å²) in [6.07, 6.45) is 0. The smallest absolute Gasteiger partial charge is 0.229 e. The number of benzene rings is 1. The first-order valence-electron chi connectivity index (χ1n) is 5.67. The second-order valence-corrected chi connectivity index (χ2v) is 4.83. The normalized spacial score (nSPS) is 13.1. The van der Waals surface area contributed by atoms with Crippen LogP contribution in [0.25, 0.3) is 0 Å². The maximum absolute atomic E-state index is 12.3. The van der Waals surface area contributed by atoms with Gasteiger partial charge in [0.2, 0.25) is 5.78 Å². The molecule has 1 aliphatic rings. The van der Waals surface area contributed by atoms with Crippen LogP contribution in [0.3, 0.4) is 0 Å². The Morgan fingerprint density at radius 3 is 2.50 bits per heavy atom. The molecule has 3 rings (SSSR count). The minimum absolute atomic E-state index is 0.0119. The highest BCUT2D eigenvalue weighted by molar-refractivity contribution is 6.39. The van der Waals surface area contributed by atoms with Gasteiger partial charge in [0, 0.05) is 12.5 Å². The lowest BCUT2D eigenvalue weighted by molar-refractivity contribution is 0.0947. The highest BCUT2D eigenvalue weighted by Gasteiger charge is 2.36. The van der Waals surface area contributed by atoms with Crippen molar-refractivity contribution in [1.29, 1.82) is 0 Å². The molecule has 100 valence electrons. The van der Waals surface area contributed by atoms with Crippen LogP contribution < -0.4 is 0 Å². The fraction of sp³-hybridized carbons (Fsp3) is 0.0714. The van der Waals surface area contributed by atoms with Gasteiger partial charge in [0.05, 0.1) is 16.1 Å². The number of hydrogen-bond acceptors (Lipinski definition) is 5. The van der Waals surface area contributed by atoms with E-state index in [0.29, 0.717) is 0 Å². The van der Waals surface area contributed by atoms with Crippen molar-refractivity contribution in [1.82, 2.24) is 0 Å². The van der Waals surface area contributed by atoms with Gasteiger partial charge in [-0.1, -0.05) is 11.6 Å². The Labute approximate surface area is 117 Å². The van der Waals surface area contributed by atoms with Crippen LogP contribution in [0.1, 0.15) is 49.5 Å². The molecule has 1 aromatic carbocycles. The van der Waals surface area contributed by atoms with Gasteiger partial charge in [-0.3, -0.25) is 14.4 Å². The summed E-state index contributed by atoms with van der Waals surface area (Å²) in [6, 6.07) is 3.58. The summed E-state index contributed by atoms with van der Waals surface area (Å²) in [5.41, 5.74) is -0.00453. The van der Waals surface area contributed by atoms with E-state index < -0.39 is 17.3 Å². The summed E-state index contributed by atoms with van der Waals surface area (Å²) >= 11 is 5.91. The van der Waals surface area contributed by atoms with Gasteiger partial charge in [-0.2, -0.15) is 0 Å². The molecule has 0 saturated carbocycles. The van der Waals surface area contributed by atoms with E-state index in [1.807, 2.05) is 0 Å². The van der Waals surface area contributed by atoms with Crippen molar-refractivity contribution < 1.29 is 23.9 Å². The van der Waals surface area contributed by atoms with Gasteiger partial charge in [0.25, 0.3) is 0 Å². The Balaban J connectivity index is 2.31. The Kier molecular flexibility index (Phi) is 2.55. The number of hydrogen-bond donors (Lipinski definition) is 1. The van der Waals surface area contributed by atoms with E-state index in [1.54, 1.807) is 0 Å². The van der Waals surface area contributed by atoms with Crippen molar-refractivity contribution in [3.05, 3.63) is 51.4 Å². The van der Waals surface area contributed by atoms with E-state index >= 15 is 0 Å². The van der Waals surface area contributed by atoms with Crippen LogP contribution in [0.2, 0.25) is 5.02 Å². The number of phenolic OH excluding ortho intramolecular Hbond substituents is 1. The van der Waals surface area contributed by atoms with E-state index in [2.05, 4.69) is 0 Å². The molecule has 2 aromatic rings. The molecule has 20 heavy (non-hydrogen) atoms. The van der Waals surface area contributed by atoms with Crippen LogP contribution in [0.4, 0.5) is 0 Å².